The highest BCUT2D eigenvalue weighted by atomic mass is 35.5. The van der Waals surface area contributed by atoms with E-state index in [-0.39, 0.29) is 5.91 Å². The van der Waals surface area contributed by atoms with Crippen molar-refractivity contribution >= 4 is 29.1 Å². The molecule has 0 saturated heterocycles. The second kappa shape index (κ2) is 9.22. The van der Waals surface area contributed by atoms with E-state index in [1.54, 1.807) is 31.6 Å². The molecule has 0 spiro atoms. The van der Waals surface area contributed by atoms with Crippen molar-refractivity contribution in [3.8, 4) is 5.75 Å². The number of ether oxygens (including phenoxy) is 1. The Labute approximate surface area is 153 Å². The molecule has 1 N–H and O–H groups in total. The van der Waals surface area contributed by atoms with Crippen LogP contribution in [-0.2, 0) is 0 Å². The van der Waals surface area contributed by atoms with Gasteiger partial charge in [-0.05, 0) is 31.0 Å². The largest absolute Gasteiger partial charge is 0.495 e. The van der Waals surface area contributed by atoms with Crippen LogP contribution in [0, 0.1) is 0 Å². The predicted octanol–water partition coefficient (Wildman–Crippen LogP) is 4.14. The summed E-state index contributed by atoms with van der Waals surface area (Å²) >= 11 is 6.10. The molecular formula is C18H23ClN4O2. The number of hydrogen-bond donors (Lipinski definition) is 1. The van der Waals surface area contributed by atoms with Gasteiger partial charge in [0, 0.05) is 31.2 Å². The number of rotatable bonds is 8. The molecule has 25 heavy (non-hydrogen) atoms. The van der Waals surface area contributed by atoms with Gasteiger partial charge >= 0.3 is 0 Å². The molecule has 7 heteroatoms. The van der Waals surface area contributed by atoms with Gasteiger partial charge in [-0.3, -0.25) is 4.79 Å². The normalized spacial score (nSPS) is 10.4. The topological polar surface area (TPSA) is 67.4 Å². The summed E-state index contributed by atoms with van der Waals surface area (Å²) in [5.74, 6) is 0.957. The number of amides is 1. The lowest BCUT2D eigenvalue weighted by Crippen LogP contribution is -2.32. The summed E-state index contributed by atoms with van der Waals surface area (Å²) in [5.41, 5.74) is 1.23. The number of halogens is 1. The second-order valence-corrected chi connectivity index (χ2v) is 5.97. The maximum absolute atomic E-state index is 12.5. The lowest BCUT2D eigenvalue weighted by Gasteiger charge is -2.21. The average molecular weight is 363 g/mol. The van der Waals surface area contributed by atoms with Crippen molar-refractivity contribution in [3.05, 3.63) is 41.2 Å². The smallest absolute Gasteiger partial charge is 0.256 e. The number of carbonyl (C=O) groups is 1. The molecule has 0 unspecified atom stereocenters. The Bertz CT molecular complexity index is 701. The lowest BCUT2D eigenvalue weighted by atomic mass is 10.2. The molecule has 6 nitrogen and oxygen atoms in total. The molecule has 0 aliphatic carbocycles. The van der Waals surface area contributed by atoms with Gasteiger partial charge in [-0.25, -0.2) is 9.97 Å². The minimum absolute atomic E-state index is 0.0391. The highest BCUT2D eigenvalue weighted by Crippen LogP contribution is 2.28. The summed E-state index contributed by atoms with van der Waals surface area (Å²) in [7, 11) is 1.56. The van der Waals surface area contributed by atoms with E-state index in [0.717, 1.165) is 31.6 Å². The van der Waals surface area contributed by atoms with Crippen molar-refractivity contribution in [3.63, 3.8) is 0 Å². The summed E-state index contributed by atoms with van der Waals surface area (Å²) in [4.78, 5) is 22.8. The molecule has 0 bridgehead atoms. The SMILES string of the molecule is CCCN(CCC)C(=O)c1cnc(Nc2ccc(OC)c(Cl)c2)nc1. The summed E-state index contributed by atoms with van der Waals surface area (Å²) in [5, 5.41) is 3.55. The third-order valence-electron chi connectivity index (χ3n) is 3.58. The Morgan fingerprint density at radius 2 is 1.84 bits per heavy atom. The van der Waals surface area contributed by atoms with Gasteiger partial charge in [0.2, 0.25) is 5.95 Å². The third-order valence-corrected chi connectivity index (χ3v) is 3.88. The Hall–Kier alpha value is -2.34. The second-order valence-electron chi connectivity index (χ2n) is 5.56. The van der Waals surface area contributed by atoms with Gasteiger partial charge in [0.05, 0.1) is 17.7 Å². The fourth-order valence-electron chi connectivity index (χ4n) is 2.41. The van der Waals surface area contributed by atoms with E-state index in [9.17, 15) is 4.79 Å². The number of methoxy groups -OCH3 is 1. The van der Waals surface area contributed by atoms with E-state index >= 15 is 0 Å². The molecule has 0 atom stereocenters. The van der Waals surface area contributed by atoms with Crippen molar-refractivity contribution in [2.24, 2.45) is 0 Å². The van der Waals surface area contributed by atoms with Gasteiger partial charge in [0.25, 0.3) is 5.91 Å². The van der Waals surface area contributed by atoms with Crippen LogP contribution < -0.4 is 10.1 Å². The minimum atomic E-state index is -0.0391. The monoisotopic (exact) mass is 362 g/mol. The third kappa shape index (κ3) is 5.06. The Kier molecular flexibility index (Phi) is 7.01. The molecule has 0 saturated carbocycles. The molecule has 2 rings (SSSR count). The van der Waals surface area contributed by atoms with Crippen LogP contribution in [0.4, 0.5) is 11.6 Å². The molecule has 0 fully saturated rings. The highest BCUT2D eigenvalue weighted by Gasteiger charge is 2.15. The van der Waals surface area contributed by atoms with E-state index in [2.05, 4.69) is 29.1 Å². The van der Waals surface area contributed by atoms with Gasteiger partial charge in [0.1, 0.15) is 5.75 Å². The number of nitrogens with one attached hydrogen (secondary N) is 1. The van der Waals surface area contributed by atoms with Crippen LogP contribution in [0.1, 0.15) is 37.0 Å². The minimum Gasteiger partial charge on any atom is -0.495 e. The Morgan fingerprint density at radius 1 is 1.20 bits per heavy atom. The predicted molar refractivity (Wildman–Crippen MR) is 99.8 cm³/mol. The maximum atomic E-state index is 12.5. The number of carbonyl (C=O) groups excluding carboxylic acids is 1. The van der Waals surface area contributed by atoms with Gasteiger partial charge in [-0.15, -0.1) is 0 Å². The highest BCUT2D eigenvalue weighted by molar-refractivity contribution is 6.32. The number of hydrogen-bond acceptors (Lipinski definition) is 5. The molecular weight excluding hydrogens is 340 g/mol. The first-order chi connectivity index (χ1) is 12.1. The van der Waals surface area contributed by atoms with Crippen LogP contribution >= 0.6 is 11.6 Å². The average Bonchev–Trinajstić information content (AvgIpc) is 2.62. The summed E-state index contributed by atoms with van der Waals surface area (Å²) in [6.07, 6.45) is 4.93. The summed E-state index contributed by atoms with van der Waals surface area (Å²) in [6.45, 7) is 5.58. The first-order valence-corrected chi connectivity index (χ1v) is 8.68. The van der Waals surface area contributed by atoms with Crippen molar-refractivity contribution < 1.29 is 9.53 Å². The van der Waals surface area contributed by atoms with E-state index in [1.807, 2.05) is 11.0 Å². The molecule has 134 valence electrons. The molecule has 1 heterocycles. The molecule has 2 aromatic rings. The van der Waals surface area contributed by atoms with Crippen LogP contribution in [0.5, 0.6) is 5.75 Å². The van der Waals surface area contributed by atoms with Crippen LogP contribution in [0.3, 0.4) is 0 Å². The standard InChI is InChI=1S/C18H23ClN4O2/c1-4-8-23(9-5-2)17(24)13-11-20-18(21-12-13)22-14-6-7-16(25-3)15(19)10-14/h6-7,10-12H,4-5,8-9H2,1-3H3,(H,20,21,22). The van der Waals surface area contributed by atoms with Crippen LogP contribution in [0.2, 0.25) is 5.02 Å². The van der Waals surface area contributed by atoms with E-state index in [4.69, 9.17) is 16.3 Å². The van der Waals surface area contributed by atoms with Gasteiger partial charge in [0.15, 0.2) is 0 Å². The lowest BCUT2D eigenvalue weighted by molar-refractivity contribution is 0.0754. The first-order valence-electron chi connectivity index (χ1n) is 8.30. The van der Waals surface area contributed by atoms with Crippen LogP contribution in [-0.4, -0.2) is 41.0 Å². The van der Waals surface area contributed by atoms with E-state index < -0.39 is 0 Å². The first kappa shape index (κ1) is 19.0. The Morgan fingerprint density at radius 3 is 2.36 bits per heavy atom. The summed E-state index contributed by atoms with van der Waals surface area (Å²) in [6, 6.07) is 5.31. The van der Waals surface area contributed by atoms with Gasteiger partial charge < -0.3 is 15.0 Å². The number of aromatic nitrogens is 2. The maximum Gasteiger partial charge on any atom is 0.256 e. The molecule has 0 aliphatic heterocycles. The van der Waals surface area contributed by atoms with Crippen molar-refractivity contribution in [1.82, 2.24) is 14.9 Å². The van der Waals surface area contributed by atoms with E-state index in [0.29, 0.717) is 22.3 Å². The van der Waals surface area contributed by atoms with Crippen molar-refractivity contribution in [2.45, 2.75) is 26.7 Å². The zero-order valence-corrected chi connectivity index (χ0v) is 15.5. The molecule has 1 aromatic carbocycles. The molecule has 1 aromatic heterocycles. The quantitative estimate of drug-likeness (QED) is 0.764. The van der Waals surface area contributed by atoms with Crippen molar-refractivity contribution in [1.29, 1.82) is 0 Å². The summed E-state index contributed by atoms with van der Waals surface area (Å²) < 4.78 is 5.12. The van der Waals surface area contributed by atoms with Crippen LogP contribution in [0.25, 0.3) is 0 Å². The fourth-order valence-corrected chi connectivity index (χ4v) is 2.67. The number of nitrogens with zero attached hydrogens (tertiary/aromatic N) is 3. The molecule has 1 amide bonds. The molecule has 0 aliphatic rings. The number of anilines is 2. The van der Waals surface area contributed by atoms with Crippen molar-refractivity contribution in [2.75, 3.05) is 25.5 Å². The zero-order valence-electron chi connectivity index (χ0n) is 14.8. The number of benzene rings is 1. The van der Waals surface area contributed by atoms with Crippen LogP contribution in [0.15, 0.2) is 30.6 Å². The van der Waals surface area contributed by atoms with Gasteiger partial charge in [-0.1, -0.05) is 25.4 Å². The molecule has 0 radical (unpaired) electrons. The van der Waals surface area contributed by atoms with Gasteiger partial charge in [-0.2, -0.15) is 0 Å². The van der Waals surface area contributed by atoms with E-state index in [1.165, 1.54) is 0 Å². The fraction of sp³-hybridized carbons (Fsp3) is 0.389. The Balaban J connectivity index is 2.08. The zero-order chi connectivity index (χ0) is 18.2.